The second-order valence-corrected chi connectivity index (χ2v) is 5.76. The van der Waals surface area contributed by atoms with Crippen LogP contribution in [0.2, 0.25) is 0 Å². The normalized spacial score (nSPS) is 18.8. The van der Waals surface area contributed by atoms with Crippen molar-refractivity contribution in [3.8, 4) is 0 Å². The van der Waals surface area contributed by atoms with Crippen molar-refractivity contribution in [3.05, 3.63) is 33.7 Å². The highest BCUT2D eigenvalue weighted by Crippen LogP contribution is 2.26. The van der Waals surface area contributed by atoms with E-state index in [1.165, 1.54) is 4.57 Å². The molecule has 1 unspecified atom stereocenters. The molecule has 1 saturated heterocycles. The van der Waals surface area contributed by atoms with Crippen molar-refractivity contribution in [3.63, 3.8) is 0 Å². The fourth-order valence-corrected chi connectivity index (χ4v) is 3.33. The van der Waals surface area contributed by atoms with Crippen LogP contribution in [-0.4, -0.2) is 20.9 Å². The van der Waals surface area contributed by atoms with Crippen molar-refractivity contribution in [2.24, 2.45) is 7.05 Å². The first kappa shape index (κ1) is 14.6. The molecule has 0 radical (unpaired) electrons. The zero-order chi connectivity index (χ0) is 16.0. The SMILES string of the molecule is CCc1c(C)ccc2c1n(C)c(=O)n2C1CCC(=O)NC1=O. The molecular weight excluding hydrogens is 282 g/mol. The number of benzene rings is 1. The summed E-state index contributed by atoms with van der Waals surface area (Å²) in [5.41, 5.74) is 3.65. The van der Waals surface area contributed by atoms with Crippen LogP contribution in [0.25, 0.3) is 11.0 Å². The summed E-state index contributed by atoms with van der Waals surface area (Å²) >= 11 is 0. The Bertz CT molecular complexity index is 844. The van der Waals surface area contributed by atoms with Crippen molar-refractivity contribution < 1.29 is 9.59 Å². The summed E-state index contributed by atoms with van der Waals surface area (Å²) in [6.07, 6.45) is 1.43. The number of aryl methyl sites for hydroxylation is 3. The van der Waals surface area contributed by atoms with E-state index in [1.807, 2.05) is 19.1 Å². The van der Waals surface area contributed by atoms with Gasteiger partial charge in [-0.25, -0.2) is 4.79 Å². The van der Waals surface area contributed by atoms with E-state index in [0.717, 1.165) is 28.6 Å². The van der Waals surface area contributed by atoms with Gasteiger partial charge in [0.05, 0.1) is 11.0 Å². The molecule has 1 aromatic heterocycles. The molecule has 6 heteroatoms. The van der Waals surface area contributed by atoms with Gasteiger partial charge in [-0.1, -0.05) is 13.0 Å². The van der Waals surface area contributed by atoms with E-state index in [0.29, 0.717) is 6.42 Å². The third kappa shape index (κ3) is 1.98. The highest BCUT2D eigenvalue weighted by Gasteiger charge is 2.31. The summed E-state index contributed by atoms with van der Waals surface area (Å²) in [4.78, 5) is 36.1. The lowest BCUT2D eigenvalue weighted by molar-refractivity contribution is -0.135. The van der Waals surface area contributed by atoms with E-state index in [9.17, 15) is 14.4 Å². The maximum atomic E-state index is 12.7. The molecule has 3 rings (SSSR count). The smallest absolute Gasteiger partial charge is 0.295 e. The molecule has 0 spiro atoms. The molecule has 1 fully saturated rings. The monoisotopic (exact) mass is 301 g/mol. The number of hydrogen-bond acceptors (Lipinski definition) is 3. The van der Waals surface area contributed by atoms with Crippen molar-refractivity contribution in [2.75, 3.05) is 0 Å². The largest absolute Gasteiger partial charge is 0.329 e. The van der Waals surface area contributed by atoms with Crippen LogP contribution in [0.4, 0.5) is 0 Å². The van der Waals surface area contributed by atoms with Crippen LogP contribution in [0.5, 0.6) is 0 Å². The lowest BCUT2D eigenvalue weighted by Crippen LogP contribution is -2.44. The van der Waals surface area contributed by atoms with Gasteiger partial charge in [-0.05, 0) is 37.0 Å². The Kier molecular flexibility index (Phi) is 3.39. The minimum atomic E-state index is -0.624. The Balaban J connectivity index is 2.27. The van der Waals surface area contributed by atoms with Crippen LogP contribution >= 0.6 is 0 Å². The van der Waals surface area contributed by atoms with Crippen LogP contribution in [0.15, 0.2) is 16.9 Å². The molecule has 0 aliphatic carbocycles. The highest BCUT2D eigenvalue weighted by molar-refractivity contribution is 6.00. The van der Waals surface area contributed by atoms with Gasteiger partial charge in [-0.3, -0.25) is 24.0 Å². The minimum Gasteiger partial charge on any atom is -0.295 e. The molecule has 2 aromatic rings. The van der Waals surface area contributed by atoms with E-state index in [4.69, 9.17) is 0 Å². The number of imidazole rings is 1. The topological polar surface area (TPSA) is 73.1 Å². The Morgan fingerprint density at radius 3 is 2.64 bits per heavy atom. The van der Waals surface area contributed by atoms with Gasteiger partial charge in [-0.2, -0.15) is 0 Å². The van der Waals surface area contributed by atoms with Crippen molar-refractivity contribution >= 4 is 22.8 Å². The summed E-state index contributed by atoms with van der Waals surface area (Å²) in [7, 11) is 1.73. The predicted octanol–water partition coefficient (Wildman–Crippen LogP) is 1.19. The zero-order valence-corrected chi connectivity index (χ0v) is 13.0. The molecule has 1 N–H and O–H groups in total. The summed E-state index contributed by atoms with van der Waals surface area (Å²) in [6.45, 7) is 4.07. The Hall–Kier alpha value is -2.37. The van der Waals surface area contributed by atoms with Gasteiger partial charge in [-0.15, -0.1) is 0 Å². The summed E-state index contributed by atoms with van der Waals surface area (Å²) in [5.74, 6) is -0.677. The fraction of sp³-hybridized carbons (Fsp3) is 0.438. The molecule has 0 saturated carbocycles. The number of aromatic nitrogens is 2. The Labute approximate surface area is 127 Å². The molecular formula is C16H19N3O3. The number of nitrogens with one attached hydrogen (secondary N) is 1. The second-order valence-electron chi connectivity index (χ2n) is 5.76. The average molecular weight is 301 g/mol. The van der Waals surface area contributed by atoms with Gasteiger partial charge in [0.15, 0.2) is 0 Å². The van der Waals surface area contributed by atoms with E-state index < -0.39 is 11.9 Å². The standard InChI is InChI=1S/C16H19N3O3/c1-4-10-9(2)5-6-11-14(10)18(3)16(22)19(11)12-7-8-13(20)17-15(12)21/h5-6,12H,4,7-8H2,1-3H3,(H,17,20,21). The van der Waals surface area contributed by atoms with Crippen LogP contribution in [0.1, 0.15) is 36.9 Å². The molecule has 22 heavy (non-hydrogen) atoms. The van der Waals surface area contributed by atoms with Crippen LogP contribution in [0, 0.1) is 6.92 Å². The zero-order valence-electron chi connectivity index (χ0n) is 13.0. The van der Waals surface area contributed by atoms with E-state index in [2.05, 4.69) is 12.2 Å². The Morgan fingerprint density at radius 1 is 1.27 bits per heavy atom. The molecule has 1 aliphatic rings. The minimum absolute atomic E-state index is 0.218. The van der Waals surface area contributed by atoms with Gasteiger partial charge >= 0.3 is 5.69 Å². The van der Waals surface area contributed by atoms with Crippen LogP contribution in [0.3, 0.4) is 0 Å². The number of nitrogens with zero attached hydrogens (tertiary/aromatic N) is 2. The second kappa shape index (κ2) is 5.12. The number of imide groups is 1. The van der Waals surface area contributed by atoms with Crippen molar-refractivity contribution in [1.29, 1.82) is 0 Å². The highest BCUT2D eigenvalue weighted by atomic mass is 16.2. The first-order valence-electron chi connectivity index (χ1n) is 7.48. The van der Waals surface area contributed by atoms with E-state index in [1.54, 1.807) is 11.6 Å². The fourth-order valence-electron chi connectivity index (χ4n) is 3.33. The Morgan fingerprint density at radius 2 is 2.00 bits per heavy atom. The molecule has 2 heterocycles. The van der Waals surface area contributed by atoms with Gasteiger partial charge in [0.2, 0.25) is 11.8 Å². The third-order valence-corrected chi connectivity index (χ3v) is 4.46. The van der Waals surface area contributed by atoms with E-state index >= 15 is 0 Å². The maximum absolute atomic E-state index is 12.7. The maximum Gasteiger partial charge on any atom is 0.329 e. The summed E-state index contributed by atoms with van der Waals surface area (Å²) in [6, 6.07) is 3.24. The molecule has 116 valence electrons. The molecule has 2 amide bonds. The molecule has 1 aliphatic heterocycles. The molecule has 1 aromatic carbocycles. The number of carbonyl (C=O) groups is 2. The first-order chi connectivity index (χ1) is 10.5. The number of piperidine rings is 1. The molecule has 0 bridgehead atoms. The van der Waals surface area contributed by atoms with Gasteiger partial charge in [0, 0.05) is 13.5 Å². The van der Waals surface area contributed by atoms with Crippen molar-refractivity contribution in [1.82, 2.24) is 14.5 Å². The van der Waals surface area contributed by atoms with Crippen LogP contribution in [-0.2, 0) is 23.1 Å². The average Bonchev–Trinajstić information content (AvgIpc) is 2.72. The lowest BCUT2D eigenvalue weighted by Gasteiger charge is -2.22. The summed E-state index contributed by atoms with van der Waals surface area (Å²) < 4.78 is 3.13. The number of amides is 2. The lowest BCUT2D eigenvalue weighted by atomic mass is 10.0. The first-order valence-corrected chi connectivity index (χ1v) is 7.48. The van der Waals surface area contributed by atoms with Gasteiger partial charge < -0.3 is 0 Å². The third-order valence-electron chi connectivity index (χ3n) is 4.46. The van der Waals surface area contributed by atoms with Crippen LogP contribution < -0.4 is 11.0 Å². The molecule has 1 atom stereocenters. The van der Waals surface area contributed by atoms with Gasteiger partial charge in [0.25, 0.3) is 0 Å². The quantitative estimate of drug-likeness (QED) is 0.847. The number of hydrogen-bond donors (Lipinski definition) is 1. The predicted molar refractivity (Wildman–Crippen MR) is 82.7 cm³/mol. The van der Waals surface area contributed by atoms with E-state index in [-0.39, 0.29) is 18.0 Å². The number of fused-ring (bicyclic) bond motifs is 1. The van der Waals surface area contributed by atoms with Crippen molar-refractivity contribution in [2.45, 2.75) is 39.2 Å². The molecule has 6 nitrogen and oxygen atoms in total. The summed E-state index contributed by atoms with van der Waals surface area (Å²) in [5, 5.41) is 2.32. The number of rotatable bonds is 2. The van der Waals surface area contributed by atoms with Gasteiger partial charge in [0.1, 0.15) is 6.04 Å². The number of carbonyl (C=O) groups excluding carboxylic acids is 2.